The van der Waals surface area contributed by atoms with Gasteiger partial charge in [0, 0.05) is 11.1 Å². The SMILES string of the molecule is C/C=C/COc1c(Cl)cc(Cl)cc1CC(C)N. The zero-order chi connectivity index (χ0) is 12.8. The number of rotatable bonds is 5. The van der Waals surface area contributed by atoms with Gasteiger partial charge in [0.2, 0.25) is 0 Å². The van der Waals surface area contributed by atoms with Gasteiger partial charge in [0.05, 0.1) is 5.02 Å². The molecule has 2 N–H and O–H groups in total. The molecule has 1 unspecified atom stereocenters. The minimum Gasteiger partial charge on any atom is -0.488 e. The lowest BCUT2D eigenvalue weighted by atomic mass is 10.1. The summed E-state index contributed by atoms with van der Waals surface area (Å²) in [6.07, 6.45) is 4.53. The minimum atomic E-state index is 0.0357. The maximum Gasteiger partial charge on any atom is 0.141 e. The van der Waals surface area contributed by atoms with E-state index in [0.29, 0.717) is 28.8 Å². The van der Waals surface area contributed by atoms with Crippen molar-refractivity contribution in [3.63, 3.8) is 0 Å². The highest BCUT2D eigenvalue weighted by atomic mass is 35.5. The van der Waals surface area contributed by atoms with Gasteiger partial charge in [-0.05, 0) is 38.0 Å². The van der Waals surface area contributed by atoms with Gasteiger partial charge in [-0.1, -0.05) is 35.4 Å². The molecule has 0 heterocycles. The number of hydrogen-bond acceptors (Lipinski definition) is 2. The summed E-state index contributed by atoms with van der Waals surface area (Å²) in [5.41, 5.74) is 6.74. The van der Waals surface area contributed by atoms with Crippen molar-refractivity contribution < 1.29 is 4.74 Å². The van der Waals surface area contributed by atoms with Crippen LogP contribution < -0.4 is 10.5 Å². The first-order chi connectivity index (χ1) is 8.04. The van der Waals surface area contributed by atoms with Crippen molar-refractivity contribution in [1.29, 1.82) is 0 Å². The molecule has 0 aliphatic rings. The van der Waals surface area contributed by atoms with E-state index in [0.717, 1.165) is 5.56 Å². The lowest BCUT2D eigenvalue weighted by molar-refractivity contribution is 0.358. The van der Waals surface area contributed by atoms with Crippen LogP contribution in [0.4, 0.5) is 0 Å². The average molecular weight is 274 g/mol. The average Bonchev–Trinajstić information content (AvgIpc) is 2.21. The van der Waals surface area contributed by atoms with Crippen LogP contribution in [0.5, 0.6) is 5.75 Å². The monoisotopic (exact) mass is 273 g/mol. The van der Waals surface area contributed by atoms with Gasteiger partial charge < -0.3 is 10.5 Å². The molecule has 1 atom stereocenters. The molecule has 0 saturated heterocycles. The van der Waals surface area contributed by atoms with Crippen molar-refractivity contribution in [2.45, 2.75) is 26.3 Å². The Kier molecular flexibility index (Phi) is 5.83. The zero-order valence-corrected chi connectivity index (χ0v) is 11.6. The predicted octanol–water partition coefficient (Wildman–Crippen LogP) is 3.84. The van der Waals surface area contributed by atoms with E-state index in [1.807, 2.05) is 32.1 Å². The third kappa shape index (κ3) is 4.58. The number of ether oxygens (including phenoxy) is 1. The Balaban J connectivity index is 2.98. The van der Waals surface area contributed by atoms with E-state index in [4.69, 9.17) is 33.7 Å². The second kappa shape index (κ2) is 6.90. The van der Waals surface area contributed by atoms with Crippen molar-refractivity contribution in [3.8, 4) is 5.75 Å². The van der Waals surface area contributed by atoms with Gasteiger partial charge in [0.1, 0.15) is 12.4 Å². The summed E-state index contributed by atoms with van der Waals surface area (Å²) in [6.45, 7) is 4.37. The van der Waals surface area contributed by atoms with Crippen LogP contribution in [0.1, 0.15) is 19.4 Å². The number of halogens is 2. The third-order valence-corrected chi connectivity index (χ3v) is 2.69. The molecule has 1 aromatic carbocycles. The van der Waals surface area contributed by atoms with E-state index in [1.54, 1.807) is 6.07 Å². The Bertz CT molecular complexity index is 403. The second-order valence-corrected chi connectivity index (χ2v) is 4.78. The Morgan fingerprint density at radius 3 is 2.71 bits per heavy atom. The molecule has 17 heavy (non-hydrogen) atoms. The van der Waals surface area contributed by atoms with E-state index in [2.05, 4.69) is 0 Å². The fourth-order valence-electron chi connectivity index (χ4n) is 1.50. The summed E-state index contributed by atoms with van der Waals surface area (Å²) in [6, 6.07) is 3.56. The van der Waals surface area contributed by atoms with E-state index >= 15 is 0 Å². The number of hydrogen-bond donors (Lipinski definition) is 1. The lowest BCUT2D eigenvalue weighted by Gasteiger charge is -2.14. The van der Waals surface area contributed by atoms with Gasteiger partial charge in [-0.15, -0.1) is 0 Å². The summed E-state index contributed by atoms with van der Waals surface area (Å²) < 4.78 is 5.63. The molecule has 0 saturated carbocycles. The minimum absolute atomic E-state index is 0.0357. The van der Waals surface area contributed by atoms with Gasteiger partial charge in [-0.2, -0.15) is 0 Å². The summed E-state index contributed by atoms with van der Waals surface area (Å²) >= 11 is 12.1. The van der Waals surface area contributed by atoms with Crippen LogP contribution in [-0.2, 0) is 6.42 Å². The highest BCUT2D eigenvalue weighted by molar-refractivity contribution is 6.35. The van der Waals surface area contributed by atoms with Crippen LogP contribution in [0, 0.1) is 0 Å². The fourth-order valence-corrected chi connectivity index (χ4v) is 2.09. The molecular formula is C13H17Cl2NO. The zero-order valence-electron chi connectivity index (χ0n) is 10.0. The third-order valence-electron chi connectivity index (χ3n) is 2.19. The summed E-state index contributed by atoms with van der Waals surface area (Å²) in [5, 5.41) is 1.13. The van der Waals surface area contributed by atoms with E-state index in [-0.39, 0.29) is 6.04 Å². The Hall–Kier alpha value is -0.700. The quantitative estimate of drug-likeness (QED) is 0.828. The number of benzene rings is 1. The molecule has 1 rings (SSSR count). The number of nitrogens with two attached hydrogens (primary N) is 1. The molecule has 2 nitrogen and oxygen atoms in total. The molecule has 0 spiro atoms. The molecular weight excluding hydrogens is 257 g/mol. The first kappa shape index (κ1) is 14.4. The van der Waals surface area contributed by atoms with E-state index < -0.39 is 0 Å². The fraction of sp³-hybridized carbons (Fsp3) is 0.385. The Labute approximate surface area is 112 Å². The second-order valence-electron chi connectivity index (χ2n) is 3.94. The first-order valence-corrected chi connectivity index (χ1v) is 6.27. The molecule has 0 radical (unpaired) electrons. The molecule has 1 aromatic rings. The maximum absolute atomic E-state index is 6.12. The molecule has 0 aromatic heterocycles. The molecule has 0 fully saturated rings. The summed E-state index contributed by atoms with van der Waals surface area (Å²) in [5.74, 6) is 0.673. The molecule has 0 amide bonds. The van der Waals surface area contributed by atoms with E-state index in [9.17, 15) is 0 Å². The van der Waals surface area contributed by atoms with Crippen LogP contribution >= 0.6 is 23.2 Å². The van der Waals surface area contributed by atoms with Crippen molar-refractivity contribution >= 4 is 23.2 Å². The molecule has 4 heteroatoms. The topological polar surface area (TPSA) is 35.2 Å². The lowest BCUT2D eigenvalue weighted by Crippen LogP contribution is -2.18. The van der Waals surface area contributed by atoms with Gasteiger partial charge in [-0.25, -0.2) is 0 Å². The highest BCUT2D eigenvalue weighted by Crippen LogP contribution is 2.33. The van der Waals surface area contributed by atoms with Crippen molar-refractivity contribution in [1.82, 2.24) is 0 Å². The Morgan fingerprint density at radius 1 is 1.41 bits per heavy atom. The van der Waals surface area contributed by atoms with Crippen LogP contribution in [0.3, 0.4) is 0 Å². The smallest absolute Gasteiger partial charge is 0.141 e. The van der Waals surface area contributed by atoms with Crippen molar-refractivity contribution in [2.75, 3.05) is 6.61 Å². The first-order valence-electron chi connectivity index (χ1n) is 5.52. The molecule has 0 aliphatic heterocycles. The van der Waals surface area contributed by atoms with Gasteiger partial charge in [-0.3, -0.25) is 0 Å². The van der Waals surface area contributed by atoms with Crippen molar-refractivity contribution in [2.24, 2.45) is 5.73 Å². The molecule has 0 bridgehead atoms. The summed E-state index contributed by atoms with van der Waals surface area (Å²) in [7, 11) is 0. The molecule has 0 aliphatic carbocycles. The van der Waals surface area contributed by atoms with Gasteiger partial charge >= 0.3 is 0 Å². The molecule has 94 valence electrons. The normalized spacial score (nSPS) is 13.0. The van der Waals surface area contributed by atoms with Crippen LogP contribution in [-0.4, -0.2) is 12.6 Å². The summed E-state index contributed by atoms with van der Waals surface area (Å²) in [4.78, 5) is 0. The van der Waals surface area contributed by atoms with Crippen LogP contribution in [0.25, 0.3) is 0 Å². The maximum atomic E-state index is 6.12. The van der Waals surface area contributed by atoms with Crippen LogP contribution in [0.15, 0.2) is 24.3 Å². The predicted molar refractivity (Wildman–Crippen MR) is 74.1 cm³/mol. The highest BCUT2D eigenvalue weighted by Gasteiger charge is 2.11. The number of allylic oxidation sites excluding steroid dienone is 1. The standard InChI is InChI=1S/C13H17Cl2NO/c1-3-4-5-17-13-10(6-9(2)16)7-11(14)8-12(13)15/h3-4,7-9H,5-6,16H2,1-2H3/b4-3+. The van der Waals surface area contributed by atoms with Gasteiger partial charge in [0.25, 0.3) is 0 Å². The van der Waals surface area contributed by atoms with E-state index in [1.165, 1.54) is 0 Å². The van der Waals surface area contributed by atoms with Gasteiger partial charge in [0.15, 0.2) is 0 Å². The Morgan fingerprint density at radius 2 is 2.12 bits per heavy atom. The van der Waals surface area contributed by atoms with Crippen LogP contribution in [0.2, 0.25) is 10.0 Å². The largest absolute Gasteiger partial charge is 0.488 e. The van der Waals surface area contributed by atoms with Crippen molar-refractivity contribution in [3.05, 3.63) is 39.9 Å².